The van der Waals surface area contributed by atoms with Crippen molar-refractivity contribution in [1.82, 2.24) is 4.90 Å². The lowest BCUT2D eigenvalue weighted by Gasteiger charge is -2.46. The van der Waals surface area contributed by atoms with Crippen LogP contribution in [0.4, 0.5) is 11.4 Å². The first-order valence-corrected chi connectivity index (χ1v) is 8.03. The van der Waals surface area contributed by atoms with Crippen LogP contribution in [-0.4, -0.2) is 48.9 Å². The molecule has 0 bridgehead atoms. The van der Waals surface area contributed by atoms with Gasteiger partial charge in [-0.25, -0.2) is 0 Å². The van der Waals surface area contributed by atoms with Gasteiger partial charge in [-0.1, -0.05) is 12.1 Å². The normalized spacial score (nSPS) is 23.8. The fourth-order valence-electron chi connectivity index (χ4n) is 3.75. The summed E-state index contributed by atoms with van der Waals surface area (Å²) >= 11 is 0. The molecule has 1 saturated heterocycles. The van der Waals surface area contributed by atoms with Crippen LogP contribution in [0.2, 0.25) is 0 Å². The second kappa shape index (κ2) is 6.06. The summed E-state index contributed by atoms with van der Waals surface area (Å²) in [5.41, 5.74) is 2.39. The van der Waals surface area contributed by atoms with E-state index < -0.39 is 0 Å². The van der Waals surface area contributed by atoms with Crippen molar-refractivity contribution < 1.29 is 4.79 Å². The van der Waals surface area contributed by atoms with Gasteiger partial charge in [-0.3, -0.25) is 4.90 Å². The van der Waals surface area contributed by atoms with E-state index in [4.69, 9.17) is 0 Å². The summed E-state index contributed by atoms with van der Waals surface area (Å²) in [6.45, 7) is 7.35. The molecular weight excluding hydrogens is 262 g/mol. The number of carbonyl (C=O) groups is 1. The molecule has 4 nitrogen and oxygen atoms in total. The topological polar surface area (TPSA) is 35.6 Å². The Labute approximate surface area is 127 Å². The van der Waals surface area contributed by atoms with Crippen molar-refractivity contribution in [2.24, 2.45) is 0 Å². The lowest BCUT2D eigenvalue weighted by Crippen LogP contribution is -2.59. The van der Waals surface area contributed by atoms with Gasteiger partial charge in [-0.05, 0) is 51.9 Å². The van der Waals surface area contributed by atoms with Gasteiger partial charge in [0.1, 0.15) is 6.29 Å². The Balaban J connectivity index is 1.92. The highest BCUT2D eigenvalue weighted by Gasteiger charge is 2.37. The summed E-state index contributed by atoms with van der Waals surface area (Å²) in [6.07, 6.45) is 3.58. The Morgan fingerprint density at radius 1 is 1.24 bits per heavy atom. The molecule has 2 unspecified atom stereocenters. The Kier molecular flexibility index (Phi) is 4.15. The number of para-hydroxylation sites is 2. The van der Waals surface area contributed by atoms with Crippen LogP contribution in [-0.2, 0) is 4.79 Å². The maximum Gasteiger partial charge on any atom is 0.139 e. The van der Waals surface area contributed by atoms with Crippen LogP contribution in [0, 0.1) is 0 Å². The molecule has 0 radical (unpaired) electrons. The first-order chi connectivity index (χ1) is 10.2. The summed E-state index contributed by atoms with van der Waals surface area (Å²) in [4.78, 5) is 16.5. The molecule has 114 valence electrons. The first kappa shape index (κ1) is 14.4. The fraction of sp³-hybridized carbons (Fsp3) is 0.588. The molecule has 0 aromatic heterocycles. The number of benzene rings is 1. The molecule has 0 spiro atoms. The largest absolute Gasteiger partial charge is 0.381 e. The van der Waals surface area contributed by atoms with Gasteiger partial charge in [0, 0.05) is 12.6 Å². The third kappa shape index (κ3) is 2.64. The molecule has 4 heteroatoms. The molecule has 2 heterocycles. The van der Waals surface area contributed by atoms with Crippen LogP contribution in [0.15, 0.2) is 24.3 Å². The number of nitrogens with one attached hydrogen (secondary N) is 1. The Morgan fingerprint density at radius 2 is 1.95 bits per heavy atom. The number of hydrogen-bond acceptors (Lipinski definition) is 4. The molecule has 2 atom stereocenters. The number of hydrogen-bond donors (Lipinski definition) is 1. The van der Waals surface area contributed by atoms with Gasteiger partial charge in [0.15, 0.2) is 0 Å². The van der Waals surface area contributed by atoms with Crippen molar-refractivity contribution in [3.63, 3.8) is 0 Å². The van der Waals surface area contributed by atoms with Crippen molar-refractivity contribution in [3.8, 4) is 0 Å². The molecule has 1 aromatic rings. The number of nitrogens with zero attached hydrogens (tertiary/aromatic N) is 2. The van der Waals surface area contributed by atoms with Crippen LogP contribution >= 0.6 is 0 Å². The highest BCUT2D eigenvalue weighted by atomic mass is 16.1. The minimum Gasteiger partial charge on any atom is -0.381 e. The minimum atomic E-state index is -0.0178. The summed E-state index contributed by atoms with van der Waals surface area (Å²) < 4.78 is 0. The Morgan fingerprint density at radius 3 is 2.62 bits per heavy atom. The van der Waals surface area contributed by atoms with Gasteiger partial charge < -0.3 is 15.0 Å². The predicted molar refractivity (Wildman–Crippen MR) is 87.0 cm³/mol. The monoisotopic (exact) mass is 287 g/mol. The van der Waals surface area contributed by atoms with Crippen molar-refractivity contribution in [1.29, 1.82) is 0 Å². The quantitative estimate of drug-likeness (QED) is 0.862. The zero-order chi connectivity index (χ0) is 14.8. The lowest BCUT2D eigenvalue weighted by molar-refractivity contribution is -0.112. The van der Waals surface area contributed by atoms with Crippen molar-refractivity contribution in [2.45, 2.75) is 44.8 Å². The van der Waals surface area contributed by atoms with Crippen molar-refractivity contribution in [2.75, 3.05) is 29.9 Å². The molecule has 21 heavy (non-hydrogen) atoms. The number of anilines is 2. The minimum absolute atomic E-state index is 0.0178. The second-order valence-corrected chi connectivity index (χ2v) is 6.34. The number of fused-ring (bicyclic) bond motifs is 1. The molecule has 0 amide bonds. The van der Waals surface area contributed by atoms with Crippen LogP contribution in [0.1, 0.15) is 26.7 Å². The zero-order valence-electron chi connectivity index (χ0n) is 13.0. The molecule has 1 N–H and O–H groups in total. The van der Waals surface area contributed by atoms with Crippen LogP contribution in [0.5, 0.6) is 0 Å². The second-order valence-electron chi connectivity index (χ2n) is 6.34. The Hall–Kier alpha value is -1.55. The molecule has 2 aliphatic rings. The van der Waals surface area contributed by atoms with Gasteiger partial charge in [-0.2, -0.15) is 0 Å². The molecule has 3 rings (SSSR count). The average Bonchev–Trinajstić information content (AvgIpc) is 3.01. The van der Waals surface area contributed by atoms with Crippen LogP contribution < -0.4 is 10.2 Å². The molecule has 0 saturated carbocycles. The molecular formula is C17H25N3O. The summed E-state index contributed by atoms with van der Waals surface area (Å²) in [5, 5.41) is 3.51. The van der Waals surface area contributed by atoms with E-state index in [1.807, 2.05) is 0 Å². The molecule has 1 fully saturated rings. The van der Waals surface area contributed by atoms with E-state index in [2.05, 4.69) is 53.2 Å². The van der Waals surface area contributed by atoms with Crippen LogP contribution in [0.3, 0.4) is 0 Å². The standard InChI is InChI=1S/C17H25N3O/c1-13(2)20-15-8-4-3-7-14(15)18-11-16(20)17(12-21)19-9-5-6-10-19/h3-4,7-8,12-13,16-18H,5-6,9-11H2,1-2H3. The van der Waals surface area contributed by atoms with E-state index in [0.29, 0.717) is 6.04 Å². The predicted octanol–water partition coefficient (Wildman–Crippen LogP) is 2.36. The van der Waals surface area contributed by atoms with Crippen LogP contribution in [0.25, 0.3) is 0 Å². The maximum absolute atomic E-state index is 11.8. The SMILES string of the molecule is CC(C)N1c2ccccc2NCC1C(C=O)N1CCCC1. The lowest BCUT2D eigenvalue weighted by atomic mass is 9.99. The van der Waals surface area contributed by atoms with E-state index in [0.717, 1.165) is 25.9 Å². The third-order valence-corrected chi connectivity index (χ3v) is 4.69. The molecule has 1 aromatic carbocycles. The van der Waals surface area contributed by atoms with Gasteiger partial charge >= 0.3 is 0 Å². The van der Waals surface area contributed by atoms with Crippen molar-refractivity contribution >= 4 is 17.7 Å². The van der Waals surface area contributed by atoms with Crippen molar-refractivity contribution in [3.05, 3.63) is 24.3 Å². The zero-order valence-corrected chi connectivity index (χ0v) is 13.0. The molecule has 0 aliphatic carbocycles. The fourth-order valence-corrected chi connectivity index (χ4v) is 3.75. The number of likely N-dealkylation sites (tertiary alicyclic amines) is 1. The van der Waals surface area contributed by atoms with E-state index in [-0.39, 0.29) is 12.1 Å². The number of carbonyl (C=O) groups excluding carboxylic acids is 1. The average molecular weight is 287 g/mol. The van der Waals surface area contributed by atoms with E-state index in [1.165, 1.54) is 24.2 Å². The Bertz CT molecular complexity index is 497. The number of rotatable bonds is 4. The summed E-state index contributed by atoms with van der Waals surface area (Å²) in [7, 11) is 0. The van der Waals surface area contributed by atoms with Gasteiger partial charge in [-0.15, -0.1) is 0 Å². The van der Waals surface area contributed by atoms with E-state index >= 15 is 0 Å². The van der Waals surface area contributed by atoms with E-state index in [9.17, 15) is 4.79 Å². The highest BCUT2D eigenvalue weighted by Crippen LogP contribution is 2.34. The van der Waals surface area contributed by atoms with Gasteiger partial charge in [0.25, 0.3) is 0 Å². The first-order valence-electron chi connectivity index (χ1n) is 8.03. The van der Waals surface area contributed by atoms with Gasteiger partial charge in [0.05, 0.1) is 23.5 Å². The smallest absolute Gasteiger partial charge is 0.139 e. The highest BCUT2D eigenvalue weighted by molar-refractivity contribution is 5.75. The maximum atomic E-state index is 11.8. The molecule has 2 aliphatic heterocycles. The number of aldehydes is 1. The van der Waals surface area contributed by atoms with Gasteiger partial charge in [0.2, 0.25) is 0 Å². The third-order valence-electron chi connectivity index (χ3n) is 4.69. The summed E-state index contributed by atoms with van der Waals surface area (Å²) in [6, 6.07) is 8.97. The summed E-state index contributed by atoms with van der Waals surface area (Å²) in [5.74, 6) is 0. The van der Waals surface area contributed by atoms with E-state index in [1.54, 1.807) is 0 Å².